The number of fused-ring (bicyclic) bond motifs is 12. The van der Waals surface area contributed by atoms with Gasteiger partial charge in [-0.05, 0) is 123 Å². The molecule has 0 spiro atoms. The highest BCUT2D eigenvalue weighted by molar-refractivity contribution is 6.32. The number of aryl methyl sites for hydroxylation is 2. The molecule has 0 N–H and O–H groups in total. The highest BCUT2D eigenvalue weighted by Gasteiger charge is 2.28. The zero-order valence-electron chi connectivity index (χ0n) is 35.3. The summed E-state index contributed by atoms with van der Waals surface area (Å²) in [5.74, 6) is 0.537. The van der Waals surface area contributed by atoms with Gasteiger partial charge in [0.25, 0.3) is 0 Å². The summed E-state index contributed by atoms with van der Waals surface area (Å²) in [6, 6.07) is 61.0. The van der Waals surface area contributed by atoms with E-state index in [1.165, 1.54) is 116 Å². The molecular formula is C58H44N4. The van der Waals surface area contributed by atoms with Crippen molar-refractivity contribution < 1.29 is 0 Å². The van der Waals surface area contributed by atoms with Crippen molar-refractivity contribution in [2.45, 2.75) is 34.1 Å². The molecule has 4 aromatic heterocycles. The molecule has 1 unspecified atom stereocenters. The first kappa shape index (κ1) is 35.2. The third-order valence-electron chi connectivity index (χ3n) is 14.1. The Kier molecular flexibility index (Phi) is 7.37. The second-order valence-electron chi connectivity index (χ2n) is 17.6. The van der Waals surface area contributed by atoms with Crippen LogP contribution in [-0.2, 0) is 0 Å². The Morgan fingerprint density at radius 1 is 0.435 bits per heavy atom. The molecule has 62 heavy (non-hydrogen) atoms. The van der Waals surface area contributed by atoms with Gasteiger partial charge in [0.2, 0.25) is 0 Å². The van der Waals surface area contributed by atoms with Crippen LogP contribution in [0.2, 0.25) is 0 Å². The van der Waals surface area contributed by atoms with Crippen LogP contribution in [0.5, 0.6) is 0 Å². The van der Waals surface area contributed by atoms with Crippen molar-refractivity contribution in [2.24, 2.45) is 5.92 Å². The number of rotatable bonds is 6. The molecule has 296 valence electrons. The molecule has 0 radical (unpaired) electrons. The number of para-hydroxylation sites is 4. The minimum Gasteiger partial charge on any atom is -0.310 e. The SMILES string of the molecule is CC1=CC(N(c2ccccc2)c2ccc3c4cc5c(cc4n4c6ccccc6c2c34)c2ccc(N(c3ccccc3)c3ccc(C)c(C)c3)c3c4ccccc4n5c23)=CCC1C. The molecule has 4 nitrogen and oxygen atoms in total. The quantitative estimate of drug-likeness (QED) is 0.167. The largest absolute Gasteiger partial charge is 0.310 e. The second kappa shape index (κ2) is 13.0. The molecule has 12 aromatic rings. The van der Waals surface area contributed by atoms with Gasteiger partial charge in [-0.25, -0.2) is 0 Å². The first-order valence-corrected chi connectivity index (χ1v) is 21.9. The molecule has 1 atom stereocenters. The molecule has 8 aromatic carbocycles. The normalized spacial score (nSPS) is 14.7. The van der Waals surface area contributed by atoms with Crippen molar-refractivity contribution in [3.8, 4) is 0 Å². The summed E-state index contributed by atoms with van der Waals surface area (Å²) in [5.41, 5.74) is 18.6. The first-order valence-electron chi connectivity index (χ1n) is 21.9. The van der Waals surface area contributed by atoms with Gasteiger partial charge in [-0.1, -0.05) is 110 Å². The summed E-state index contributed by atoms with van der Waals surface area (Å²) in [6.07, 6.45) is 5.85. The Balaban J connectivity index is 1.12. The minimum absolute atomic E-state index is 0.537. The number of aromatic nitrogens is 2. The van der Waals surface area contributed by atoms with Gasteiger partial charge in [-0.2, -0.15) is 0 Å². The minimum atomic E-state index is 0.537. The second-order valence-corrected chi connectivity index (χ2v) is 17.6. The zero-order chi connectivity index (χ0) is 41.4. The summed E-state index contributed by atoms with van der Waals surface area (Å²) in [5, 5.41) is 10.2. The van der Waals surface area contributed by atoms with E-state index in [1.54, 1.807) is 0 Å². The fourth-order valence-electron chi connectivity index (χ4n) is 10.8. The van der Waals surface area contributed by atoms with E-state index < -0.39 is 0 Å². The lowest BCUT2D eigenvalue weighted by atomic mass is 9.92. The summed E-state index contributed by atoms with van der Waals surface area (Å²) in [6.45, 7) is 9.01. The maximum absolute atomic E-state index is 2.55. The fourth-order valence-corrected chi connectivity index (χ4v) is 10.8. The average molecular weight is 797 g/mol. The third-order valence-corrected chi connectivity index (χ3v) is 14.1. The van der Waals surface area contributed by atoms with Crippen LogP contribution >= 0.6 is 0 Å². The van der Waals surface area contributed by atoms with Crippen molar-refractivity contribution in [3.63, 3.8) is 0 Å². The molecule has 0 saturated heterocycles. The predicted molar refractivity (Wildman–Crippen MR) is 264 cm³/mol. The molecule has 0 saturated carbocycles. The molecule has 0 amide bonds. The number of anilines is 5. The van der Waals surface area contributed by atoms with Crippen molar-refractivity contribution >= 4 is 105 Å². The van der Waals surface area contributed by atoms with Crippen LogP contribution < -0.4 is 9.80 Å². The van der Waals surface area contributed by atoms with Crippen LogP contribution in [0.4, 0.5) is 28.4 Å². The molecule has 0 aliphatic heterocycles. The Morgan fingerprint density at radius 3 is 1.50 bits per heavy atom. The molecule has 4 heteroatoms. The van der Waals surface area contributed by atoms with E-state index in [0.29, 0.717) is 5.92 Å². The van der Waals surface area contributed by atoms with Gasteiger partial charge in [0, 0.05) is 65.8 Å². The first-order chi connectivity index (χ1) is 30.4. The van der Waals surface area contributed by atoms with Gasteiger partial charge in [-0.15, -0.1) is 0 Å². The standard InChI is InChI=1S/C58H44N4/c1-35-23-25-41(31-37(35)3)59(39-15-7-5-8-16-39)51-29-27-43-47-33-54-48(34-53(47)61-49-21-13-11-19-45(49)55(51)57(43)61)44-28-30-52(56-46-20-12-14-22-50(46)62(54)58(44)56)60(40-17-9-6-10-18-40)42-26-24-36(2)38(4)32-42/h5-23,25-34,36H,24H2,1-4H3. The lowest BCUT2D eigenvalue weighted by Crippen LogP contribution is -2.18. The molecule has 1 aliphatic carbocycles. The van der Waals surface area contributed by atoms with Crippen LogP contribution in [0.3, 0.4) is 0 Å². The molecule has 4 heterocycles. The Bertz CT molecular complexity index is 3830. The molecular weight excluding hydrogens is 753 g/mol. The third kappa shape index (κ3) is 4.78. The molecule has 0 fully saturated rings. The zero-order valence-corrected chi connectivity index (χ0v) is 35.3. The maximum Gasteiger partial charge on any atom is 0.0641 e. The number of allylic oxidation sites excluding steroid dienone is 3. The van der Waals surface area contributed by atoms with Gasteiger partial charge in [0.05, 0.1) is 44.5 Å². The van der Waals surface area contributed by atoms with Crippen LogP contribution in [0.25, 0.3) is 76.2 Å². The van der Waals surface area contributed by atoms with E-state index in [0.717, 1.165) is 17.8 Å². The van der Waals surface area contributed by atoms with Gasteiger partial charge in [-0.3, -0.25) is 0 Å². The van der Waals surface area contributed by atoms with Crippen molar-refractivity contribution in [3.05, 3.63) is 198 Å². The average Bonchev–Trinajstić information content (AvgIpc) is 4.03. The van der Waals surface area contributed by atoms with E-state index in [9.17, 15) is 0 Å². The van der Waals surface area contributed by atoms with E-state index in [4.69, 9.17) is 0 Å². The fraction of sp³-hybridized carbons (Fsp3) is 0.103. The Morgan fingerprint density at radius 2 is 0.952 bits per heavy atom. The van der Waals surface area contributed by atoms with Crippen molar-refractivity contribution in [1.29, 1.82) is 0 Å². The van der Waals surface area contributed by atoms with Crippen LogP contribution in [0.15, 0.2) is 187 Å². The van der Waals surface area contributed by atoms with E-state index in [2.05, 4.69) is 222 Å². The van der Waals surface area contributed by atoms with Crippen LogP contribution in [0, 0.1) is 19.8 Å². The molecule has 1 aliphatic rings. The molecule has 0 bridgehead atoms. The summed E-state index contributed by atoms with van der Waals surface area (Å²) >= 11 is 0. The summed E-state index contributed by atoms with van der Waals surface area (Å²) in [4.78, 5) is 4.93. The highest BCUT2D eigenvalue weighted by atomic mass is 15.2. The van der Waals surface area contributed by atoms with E-state index in [1.807, 2.05) is 0 Å². The van der Waals surface area contributed by atoms with Gasteiger partial charge in [0.15, 0.2) is 0 Å². The smallest absolute Gasteiger partial charge is 0.0641 e. The summed E-state index contributed by atoms with van der Waals surface area (Å²) < 4.78 is 5.09. The highest BCUT2D eigenvalue weighted by Crippen LogP contribution is 2.51. The summed E-state index contributed by atoms with van der Waals surface area (Å²) in [7, 11) is 0. The lowest BCUT2D eigenvalue weighted by Gasteiger charge is -2.30. The van der Waals surface area contributed by atoms with E-state index >= 15 is 0 Å². The van der Waals surface area contributed by atoms with Gasteiger partial charge in [0.1, 0.15) is 0 Å². The number of hydrogen-bond acceptors (Lipinski definition) is 2. The topological polar surface area (TPSA) is 15.3 Å². The predicted octanol–water partition coefficient (Wildman–Crippen LogP) is 16.1. The van der Waals surface area contributed by atoms with Crippen LogP contribution in [-0.4, -0.2) is 8.80 Å². The molecule has 13 rings (SSSR count). The Labute approximate surface area is 360 Å². The van der Waals surface area contributed by atoms with Gasteiger partial charge >= 0.3 is 0 Å². The maximum atomic E-state index is 2.55. The van der Waals surface area contributed by atoms with Crippen molar-refractivity contribution in [2.75, 3.05) is 9.80 Å². The number of benzene rings is 8. The van der Waals surface area contributed by atoms with Crippen LogP contribution in [0.1, 0.15) is 31.4 Å². The Hall–Kier alpha value is -7.56. The number of hydrogen-bond donors (Lipinski definition) is 0. The monoisotopic (exact) mass is 796 g/mol. The van der Waals surface area contributed by atoms with E-state index in [-0.39, 0.29) is 0 Å². The lowest BCUT2D eigenvalue weighted by molar-refractivity contribution is 0.679. The van der Waals surface area contributed by atoms with Gasteiger partial charge < -0.3 is 18.6 Å². The van der Waals surface area contributed by atoms with Crippen molar-refractivity contribution in [1.82, 2.24) is 8.80 Å². The number of nitrogens with zero attached hydrogens (tertiary/aromatic N) is 4.